The molecule has 2 aromatic heterocycles. The molecule has 0 unspecified atom stereocenters. The first-order chi connectivity index (χ1) is 8.72. The maximum atomic E-state index is 6.00. The third-order valence-corrected chi connectivity index (χ3v) is 2.66. The van der Waals surface area contributed by atoms with Crippen molar-refractivity contribution in [3.8, 4) is 0 Å². The van der Waals surface area contributed by atoms with Crippen LogP contribution >= 0.6 is 0 Å². The summed E-state index contributed by atoms with van der Waals surface area (Å²) in [4.78, 5) is 3.96. The van der Waals surface area contributed by atoms with Gasteiger partial charge in [0.25, 0.3) is 0 Å². The number of aromatic nitrogens is 4. The monoisotopic (exact) mass is 250 g/mol. The summed E-state index contributed by atoms with van der Waals surface area (Å²) in [5.74, 6) is 1.55. The molecule has 98 valence electrons. The van der Waals surface area contributed by atoms with Crippen LogP contribution in [0, 0.1) is 6.92 Å². The van der Waals surface area contributed by atoms with Crippen molar-refractivity contribution in [2.75, 3.05) is 17.6 Å². The minimum Gasteiger partial charge on any atom is -0.394 e. The summed E-state index contributed by atoms with van der Waals surface area (Å²) in [6.07, 6.45) is 3.03. The van der Waals surface area contributed by atoms with E-state index in [2.05, 4.69) is 32.0 Å². The predicted molar refractivity (Wildman–Crippen MR) is 68.2 cm³/mol. The number of hydrogen-bond acceptors (Lipinski definition) is 6. The highest BCUT2D eigenvalue weighted by Crippen LogP contribution is 2.22. The summed E-state index contributed by atoms with van der Waals surface area (Å²) < 4.78 is 6.58. The summed E-state index contributed by atoms with van der Waals surface area (Å²) in [7, 11) is 0. The summed E-state index contributed by atoms with van der Waals surface area (Å²) in [5, 5.41) is 11.4. The Morgan fingerprint density at radius 1 is 1.50 bits per heavy atom. The Balaban J connectivity index is 1.99. The molecular weight excluding hydrogens is 232 g/mol. The summed E-state index contributed by atoms with van der Waals surface area (Å²) in [5.41, 5.74) is 7.56. The fraction of sp³-hybridized carbons (Fsp3) is 0.545. The smallest absolute Gasteiger partial charge is 0.213 e. The number of nitrogens with two attached hydrogens (primary N) is 1. The van der Waals surface area contributed by atoms with E-state index in [1.54, 1.807) is 0 Å². The lowest BCUT2D eigenvalue weighted by Gasteiger charge is -2.08. The zero-order valence-electron chi connectivity index (χ0n) is 10.7. The number of nitrogens with one attached hydrogen (secondary N) is 1. The van der Waals surface area contributed by atoms with Gasteiger partial charge in [-0.05, 0) is 13.3 Å². The number of nitrogens with zero attached hydrogens (tertiary/aromatic N) is 4. The van der Waals surface area contributed by atoms with Crippen LogP contribution in [0.5, 0.6) is 0 Å². The van der Waals surface area contributed by atoms with E-state index in [0.717, 1.165) is 24.5 Å². The molecule has 0 saturated heterocycles. The van der Waals surface area contributed by atoms with Crippen molar-refractivity contribution in [2.45, 2.75) is 33.2 Å². The van der Waals surface area contributed by atoms with E-state index in [4.69, 9.17) is 5.73 Å². The second-order valence-corrected chi connectivity index (χ2v) is 4.10. The Kier molecular flexibility index (Phi) is 3.81. The van der Waals surface area contributed by atoms with Crippen LogP contribution in [0.15, 0.2) is 10.9 Å². The van der Waals surface area contributed by atoms with E-state index in [0.29, 0.717) is 24.5 Å². The Hall–Kier alpha value is -2.05. The maximum Gasteiger partial charge on any atom is 0.213 e. The van der Waals surface area contributed by atoms with E-state index >= 15 is 0 Å². The Bertz CT molecular complexity index is 490. The average molecular weight is 250 g/mol. The molecule has 0 atom stereocenters. The van der Waals surface area contributed by atoms with Crippen LogP contribution in [0.1, 0.15) is 24.9 Å². The van der Waals surface area contributed by atoms with Crippen LogP contribution < -0.4 is 11.1 Å². The molecule has 2 heterocycles. The molecule has 0 amide bonds. The molecule has 18 heavy (non-hydrogen) atoms. The van der Waals surface area contributed by atoms with Gasteiger partial charge in [-0.1, -0.05) is 12.1 Å². The SMILES string of the molecule is CCCn1nc(C)c(N)c1NCCc1ncon1. The molecule has 0 aliphatic carbocycles. The van der Waals surface area contributed by atoms with Gasteiger partial charge < -0.3 is 15.6 Å². The van der Waals surface area contributed by atoms with E-state index in [1.165, 1.54) is 6.39 Å². The molecule has 0 aromatic carbocycles. The van der Waals surface area contributed by atoms with Crippen LogP contribution in [-0.4, -0.2) is 26.5 Å². The highest BCUT2D eigenvalue weighted by atomic mass is 16.5. The van der Waals surface area contributed by atoms with E-state index in [-0.39, 0.29) is 0 Å². The fourth-order valence-corrected chi connectivity index (χ4v) is 1.75. The summed E-state index contributed by atoms with van der Waals surface area (Å²) in [6.45, 7) is 5.56. The molecule has 3 N–H and O–H groups in total. The molecular formula is C11H18N6O. The molecule has 7 nitrogen and oxygen atoms in total. The average Bonchev–Trinajstić information content (AvgIpc) is 2.94. The lowest BCUT2D eigenvalue weighted by atomic mass is 10.3. The standard InChI is InChI=1S/C11H18N6O/c1-3-6-17-11(10(12)8(2)15-17)13-5-4-9-14-7-18-16-9/h7,13H,3-6,12H2,1-2H3. The number of aryl methyl sites for hydroxylation is 2. The van der Waals surface area contributed by atoms with Crippen molar-refractivity contribution in [1.82, 2.24) is 19.9 Å². The van der Waals surface area contributed by atoms with Crippen molar-refractivity contribution in [3.63, 3.8) is 0 Å². The van der Waals surface area contributed by atoms with Crippen LogP contribution in [0.3, 0.4) is 0 Å². The predicted octanol–water partition coefficient (Wildman–Crippen LogP) is 1.22. The lowest BCUT2D eigenvalue weighted by molar-refractivity contribution is 0.410. The van der Waals surface area contributed by atoms with Crippen molar-refractivity contribution < 1.29 is 4.52 Å². The van der Waals surface area contributed by atoms with Crippen LogP contribution in [0.4, 0.5) is 11.5 Å². The minimum absolute atomic E-state index is 0.680. The van der Waals surface area contributed by atoms with Gasteiger partial charge in [0.05, 0.1) is 11.4 Å². The second-order valence-electron chi connectivity index (χ2n) is 4.10. The van der Waals surface area contributed by atoms with Gasteiger partial charge in [-0.2, -0.15) is 10.1 Å². The third kappa shape index (κ3) is 2.61. The number of hydrogen-bond donors (Lipinski definition) is 2. The molecule has 0 spiro atoms. The van der Waals surface area contributed by atoms with E-state index < -0.39 is 0 Å². The quantitative estimate of drug-likeness (QED) is 0.800. The normalized spacial score (nSPS) is 10.8. The van der Waals surface area contributed by atoms with Gasteiger partial charge in [-0.25, -0.2) is 4.68 Å². The Labute approximate surface area is 105 Å². The topological polar surface area (TPSA) is 94.8 Å². The second kappa shape index (κ2) is 5.52. The zero-order chi connectivity index (χ0) is 13.0. The summed E-state index contributed by atoms with van der Waals surface area (Å²) in [6, 6.07) is 0. The van der Waals surface area contributed by atoms with Crippen molar-refractivity contribution >= 4 is 11.5 Å². The Morgan fingerprint density at radius 2 is 2.33 bits per heavy atom. The first kappa shape index (κ1) is 12.4. The molecule has 0 aliphatic rings. The van der Waals surface area contributed by atoms with Gasteiger partial charge in [0.1, 0.15) is 5.82 Å². The van der Waals surface area contributed by atoms with Crippen LogP contribution in [-0.2, 0) is 13.0 Å². The highest BCUT2D eigenvalue weighted by molar-refractivity contribution is 5.64. The minimum atomic E-state index is 0.680. The molecule has 0 saturated carbocycles. The fourth-order valence-electron chi connectivity index (χ4n) is 1.75. The molecule has 7 heteroatoms. The number of nitrogen functional groups attached to an aromatic ring is 1. The van der Waals surface area contributed by atoms with Gasteiger partial charge in [0.2, 0.25) is 6.39 Å². The Morgan fingerprint density at radius 3 is 3.00 bits per heavy atom. The number of rotatable bonds is 6. The van der Waals surface area contributed by atoms with Gasteiger partial charge in [0, 0.05) is 19.5 Å². The van der Waals surface area contributed by atoms with E-state index in [1.807, 2.05) is 11.6 Å². The molecule has 0 fully saturated rings. The van der Waals surface area contributed by atoms with Gasteiger partial charge >= 0.3 is 0 Å². The van der Waals surface area contributed by atoms with Crippen LogP contribution in [0.2, 0.25) is 0 Å². The molecule has 2 rings (SSSR count). The van der Waals surface area contributed by atoms with Gasteiger partial charge in [0.15, 0.2) is 5.82 Å². The largest absolute Gasteiger partial charge is 0.394 e. The van der Waals surface area contributed by atoms with Crippen LogP contribution in [0.25, 0.3) is 0 Å². The molecule has 0 bridgehead atoms. The van der Waals surface area contributed by atoms with Crippen molar-refractivity contribution in [1.29, 1.82) is 0 Å². The first-order valence-electron chi connectivity index (χ1n) is 6.04. The van der Waals surface area contributed by atoms with Gasteiger partial charge in [-0.3, -0.25) is 0 Å². The maximum absolute atomic E-state index is 6.00. The molecule has 2 aromatic rings. The highest BCUT2D eigenvalue weighted by Gasteiger charge is 2.11. The molecule has 0 aliphatic heterocycles. The van der Waals surface area contributed by atoms with Crippen molar-refractivity contribution in [3.05, 3.63) is 17.9 Å². The first-order valence-corrected chi connectivity index (χ1v) is 6.04. The molecule has 0 radical (unpaired) electrons. The lowest BCUT2D eigenvalue weighted by Crippen LogP contribution is -2.12. The van der Waals surface area contributed by atoms with Crippen molar-refractivity contribution in [2.24, 2.45) is 0 Å². The summed E-state index contributed by atoms with van der Waals surface area (Å²) >= 11 is 0. The van der Waals surface area contributed by atoms with Gasteiger partial charge in [-0.15, -0.1) is 0 Å². The number of anilines is 2. The van der Waals surface area contributed by atoms with E-state index in [9.17, 15) is 0 Å². The zero-order valence-corrected chi connectivity index (χ0v) is 10.7. The third-order valence-electron chi connectivity index (χ3n) is 2.66.